The van der Waals surface area contributed by atoms with Crippen LogP contribution in [0.25, 0.3) is 11.3 Å². The highest BCUT2D eigenvalue weighted by Gasteiger charge is 2.13. The molecule has 1 aliphatic rings. The molecule has 1 atom stereocenters. The fraction of sp³-hybridized carbons (Fsp3) is 0.412. The Kier molecular flexibility index (Phi) is 4.38. The monoisotopic (exact) mass is 267 g/mol. The van der Waals surface area contributed by atoms with E-state index in [0.29, 0.717) is 0 Å². The minimum atomic E-state index is 0.741. The topological polar surface area (TPSA) is 37.8 Å². The molecule has 1 aromatic carbocycles. The van der Waals surface area contributed by atoms with Crippen LogP contribution in [0.4, 0.5) is 0 Å². The lowest BCUT2D eigenvalue weighted by atomic mass is 9.95. The molecule has 0 amide bonds. The Labute approximate surface area is 120 Å². The van der Waals surface area contributed by atoms with Gasteiger partial charge in [0.15, 0.2) is 0 Å². The van der Waals surface area contributed by atoms with Gasteiger partial charge in [-0.3, -0.25) is 4.98 Å². The summed E-state index contributed by atoms with van der Waals surface area (Å²) in [6, 6.07) is 10.3. The Balaban J connectivity index is 1.74. The fourth-order valence-corrected chi connectivity index (χ4v) is 2.84. The summed E-state index contributed by atoms with van der Waals surface area (Å²) in [5.41, 5.74) is 3.25. The lowest BCUT2D eigenvalue weighted by molar-refractivity contribution is 0.464. The van der Waals surface area contributed by atoms with E-state index in [9.17, 15) is 0 Å². The lowest BCUT2D eigenvalue weighted by Gasteiger charge is -2.13. The van der Waals surface area contributed by atoms with Crippen LogP contribution in [0.3, 0.4) is 0 Å². The van der Waals surface area contributed by atoms with Gasteiger partial charge in [-0.25, -0.2) is 4.98 Å². The molecule has 20 heavy (non-hydrogen) atoms. The summed E-state index contributed by atoms with van der Waals surface area (Å²) in [7, 11) is 0. The van der Waals surface area contributed by atoms with Crippen molar-refractivity contribution in [2.75, 3.05) is 13.1 Å². The molecule has 0 radical (unpaired) electrons. The van der Waals surface area contributed by atoms with E-state index in [4.69, 9.17) is 4.98 Å². The first kappa shape index (κ1) is 13.3. The first-order valence-corrected chi connectivity index (χ1v) is 7.49. The van der Waals surface area contributed by atoms with Crippen molar-refractivity contribution in [3.05, 3.63) is 48.4 Å². The number of hydrogen-bond donors (Lipinski definition) is 1. The van der Waals surface area contributed by atoms with Crippen molar-refractivity contribution in [1.29, 1.82) is 0 Å². The molecule has 2 heterocycles. The predicted octanol–water partition coefficient (Wildman–Crippen LogP) is 3.08. The summed E-state index contributed by atoms with van der Waals surface area (Å²) < 4.78 is 0. The molecule has 1 aromatic heterocycles. The average Bonchev–Trinajstić information content (AvgIpc) is 2.77. The smallest absolute Gasteiger partial charge is 0.0888 e. The molecule has 1 saturated heterocycles. The molecule has 104 valence electrons. The zero-order valence-corrected chi connectivity index (χ0v) is 11.8. The van der Waals surface area contributed by atoms with E-state index >= 15 is 0 Å². The number of rotatable bonds is 3. The van der Waals surface area contributed by atoms with Crippen LogP contribution in [0.2, 0.25) is 0 Å². The molecule has 0 saturated carbocycles. The molecular formula is C17H21N3. The molecule has 3 nitrogen and oxygen atoms in total. The number of nitrogens with zero attached hydrogens (tertiary/aromatic N) is 2. The molecule has 0 aliphatic carbocycles. The minimum absolute atomic E-state index is 0.741. The summed E-state index contributed by atoms with van der Waals surface area (Å²) in [5.74, 6) is 0.741. The van der Waals surface area contributed by atoms with Gasteiger partial charge in [0, 0.05) is 11.8 Å². The SMILES string of the molecule is c1ccc(-c2cncc(C[C@@H]3CCCNCC3)n2)cc1. The van der Waals surface area contributed by atoms with Crippen molar-refractivity contribution < 1.29 is 0 Å². The Morgan fingerprint density at radius 3 is 2.85 bits per heavy atom. The molecule has 3 rings (SSSR count). The summed E-state index contributed by atoms with van der Waals surface area (Å²) in [6.07, 6.45) is 8.64. The van der Waals surface area contributed by atoms with Gasteiger partial charge >= 0.3 is 0 Å². The van der Waals surface area contributed by atoms with Crippen molar-refractivity contribution >= 4 is 0 Å². The molecule has 1 aliphatic heterocycles. The zero-order chi connectivity index (χ0) is 13.6. The second kappa shape index (κ2) is 6.62. The van der Waals surface area contributed by atoms with E-state index < -0.39 is 0 Å². The van der Waals surface area contributed by atoms with Gasteiger partial charge in [-0.05, 0) is 44.7 Å². The zero-order valence-electron chi connectivity index (χ0n) is 11.8. The maximum absolute atomic E-state index is 4.78. The Bertz CT molecular complexity index is 531. The van der Waals surface area contributed by atoms with Gasteiger partial charge in [-0.1, -0.05) is 30.3 Å². The van der Waals surface area contributed by atoms with Gasteiger partial charge in [0.05, 0.1) is 17.6 Å². The van der Waals surface area contributed by atoms with Gasteiger partial charge in [0.2, 0.25) is 0 Å². The summed E-state index contributed by atoms with van der Waals surface area (Å²) in [4.78, 5) is 9.16. The first-order valence-electron chi connectivity index (χ1n) is 7.49. The Hall–Kier alpha value is -1.74. The lowest BCUT2D eigenvalue weighted by Crippen LogP contribution is -2.14. The molecular weight excluding hydrogens is 246 g/mol. The third-order valence-electron chi connectivity index (χ3n) is 3.95. The average molecular weight is 267 g/mol. The van der Waals surface area contributed by atoms with Crippen molar-refractivity contribution in [1.82, 2.24) is 15.3 Å². The maximum Gasteiger partial charge on any atom is 0.0888 e. The normalized spacial score (nSPS) is 19.5. The highest BCUT2D eigenvalue weighted by Crippen LogP contribution is 2.20. The Morgan fingerprint density at radius 1 is 1.05 bits per heavy atom. The molecule has 0 spiro atoms. The van der Waals surface area contributed by atoms with E-state index in [1.165, 1.54) is 19.3 Å². The molecule has 2 aromatic rings. The van der Waals surface area contributed by atoms with Crippen LogP contribution in [0, 0.1) is 5.92 Å². The second-order valence-corrected chi connectivity index (χ2v) is 5.51. The van der Waals surface area contributed by atoms with Crippen LogP contribution >= 0.6 is 0 Å². The molecule has 1 N–H and O–H groups in total. The molecule has 0 bridgehead atoms. The molecule has 0 unspecified atom stereocenters. The van der Waals surface area contributed by atoms with Crippen LogP contribution in [0.1, 0.15) is 25.0 Å². The van der Waals surface area contributed by atoms with E-state index in [-0.39, 0.29) is 0 Å². The minimum Gasteiger partial charge on any atom is -0.317 e. The van der Waals surface area contributed by atoms with Crippen LogP contribution in [0.15, 0.2) is 42.7 Å². The summed E-state index contributed by atoms with van der Waals surface area (Å²) >= 11 is 0. The summed E-state index contributed by atoms with van der Waals surface area (Å²) in [5, 5.41) is 3.46. The molecule has 3 heteroatoms. The van der Waals surface area contributed by atoms with Crippen molar-refractivity contribution in [2.45, 2.75) is 25.7 Å². The predicted molar refractivity (Wildman–Crippen MR) is 81.4 cm³/mol. The van der Waals surface area contributed by atoms with Crippen LogP contribution in [-0.4, -0.2) is 23.1 Å². The maximum atomic E-state index is 4.78. The third kappa shape index (κ3) is 3.42. The van der Waals surface area contributed by atoms with Crippen molar-refractivity contribution in [3.63, 3.8) is 0 Å². The highest BCUT2D eigenvalue weighted by molar-refractivity contribution is 5.57. The van der Waals surface area contributed by atoms with Crippen molar-refractivity contribution in [3.8, 4) is 11.3 Å². The van der Waals surface area contributed by atoms with E-state index in [1.54, 1.807) is 0 Å². The summed E-state index contributed by atoms with van der Waals surface area (Å²) in [6.45, 7) is 2.29. The highest BCUT2D eigenvalue weighted by atomic mass is 14.9. The van der Waals surface area contributed by atoms with Crippen molar-refractivity contribution in [2.24, 2.45) is 5.92 Å². The van der Waals surface area contributed by atoms with E-state index in [0.717, 1.165) is 42.4 Å². The van der Waals surface area contributed by atoms with Gasteiger partial charge in [-0.15, -0.1) is 0 Å². The van der Waals surface area contributed by atoms with Gasteiger partial charge in [-0.2, -0.15) is 0 Å². The molecule has 1 fully saturated rings. The first-order chi connectivity index (χ1) is 9.92. The van der Waals surface area contributed by atoms with E-state index in [1.807, 2.05) is 30.6 Å². The third-order valence-corrected chi connectivity index (χ3v) is 3.95. The standard InChI is InChI=1S/C17H21N3/c1-2-6-15(7-3-1)17-13-19-12-16(20-17)11-14-5-4-9-18-10-8-14/h1-3,6-7,12-14,18H,4-5,8-11H2/t14-/m1/s1. The largest absolute Gasteiger partial charge is 0.317 e. The van der Waals surface area contributed by atoms with Crippen LogP contribution in [-0.2, 0) is 6.42 Å². The Morgan fingerprint density at radius 2 is 1.95 bits per heavy atom. The number of aromatic nitrogens is 2. The fourth-order valence-electron chi connectivity index (χ4n) is 2.84. The second-order valence-electron chi connectivity index (χ2n) is 5.51. The van der Waals surface area contributed by atoms with Gasteiger partial charge in [0.25, 0.3) is 0 Å². The number of hydrogen-bond acceptors (Lipinski definition) is 3. The van der Waals surface area contributed by atoms with Crippen LogP contribution in [0.5, 0.6) is 0 Å². The van der Waals surface area contributed by atoms with Gasteiger partial charge in [0.1, 0.15) is 0 Å². The van der Waals surface area contributed by atoms with E-state index in [2.05, 4.69) is 22.4 Å². The number of nitrogens with one attached hydrogen (secondary N) is 1. The van der Waals surface area contributed by atoms with Crippen LogP contribution < -0.4 is 5.32 Å². The quantitative estimate of drug-likeness (QED) is 0.928. The van der Waals surface area contributed by atoms with Gasteiger partial charge < -0.3 is 5.32 Å². The number of benzene rings is 1.